The fourth-order valence-corrected chi connectivity index (χ4v) is 11.8. The molecule has 0 aromatic carbocycles. The number of halogens is 1. The summed E-state index contributed by atoms with van der Waals surface area (Å²) in [6.45, 7) is 15.5. The third kappa shape index (κ3) is 4.07. The Hall–Kier alpha value is 0.684. The van der Waals surface area contributed by atoms with Crippen LogP contribution in [0.4, 0.5) is 0 Å². The van der Waals surface area contributed by atoms with Crippen molar-refractivity contribution in [2.45, 2.75) is 39.3 Å². The fourth-order valence-electron chi connectivity index (χ4n) is 1.76. The second-order valence-electron chi connectivity index (χ2n) is 5.18. The third-order valence-electron chi connectivity index (χ3n) is 1.93. The minimum atomic E-state index is -1.13. The Labute approximate surface area is 84.3 Å². The van der Waals surface area contributed by atoms with Crippen molar-refractivity contribution in [2.75, 3.05) is 12.4 Å². The Morgan fingerprint density at radius 3 is 1.33 bits per heavy atom. The molecule has 0 radical (unpaired) electrons. The molecule has 1 nitrogen and oxygen atoms in total. The molecule has 0 amide bonds. The highest BCUT2D eigenvalue weighted by molar-refractivity contribution is 6.89. The Morgan fingerprint density at radius 2 is 1.25 bits per heavy atom. The fraction of sp³-hybridized carbons (Fsp3) is 1.00. The van der Waals surface area contributed by atoms with Gasteiger partial charge in [-0.2, -0.15) is 0 Å². The number of alkyl halides is 1. The minimum Gasteiger partial charge on any atom is -0.345 e. The Kier molecular flexibility index (Phi) is 4.51. The minimum absolute atomic E-state index is 0.772. The van der Waals surface area contributed by atoms with Crippen molar-refractivity contribution in [2.24, 2.45) is 0 Å². The van der Waals surface area contributed by atoms with Gasteiger partial charge in [-0.05, 0) is 6.54 Å². The Morgan fingerprint density at radius 1 is 0.917 bits per heavy atom. The predicted molar refractivity (Wildman–Crippen MR) is 64.1 cm³/mol. The van der Waals surface area contributed by atoms with Crippen LogP contribution < -0.4 is 0 Å². The predicted octanol–water partition coefficient (Wildman–Crippen LogP) is 3.20. The second-order valence-corrected chi connectivity index (χ2v) is 15.8. The maximum Gasteiger partial charge on any atom is 0.112 e. The number of rotatable bonds is 4. The lowest BCUT2D eigenvalue weighted by atomic mass is 10.8. The van der Waals surface area contributed by atoms with E-state index in [4.69, 9.17) is 11.6 Å². The normalized spacial score (nSPS) is 14.0. The SMILES string of the molecule is C[Si](C)(C)N(CCCl)[Si](C)(C)C. The molecule has 0 aliphatic carbocycles. The zero-order chi connectivity index (χ0) is 9.99. The number of hydrogen-bond donors (Lipinski definition) is 0. The molecule has 0 N–H and O–H groups in total. The zero-order valence-electron chi connectivity index (χ0n) is 9.24. The lowest BCUT2D eigenvalue weighted by Crippen LogP contribution is -2.59. The monoisotopic (exact) mass is 223 g/mol. The molecule has 4 heteroatoms. The van der Waals surface area contributed by atoms with Crippen LogP contribution in [0, 0.1) is 0 Å². The molecule has 0 aliphatic heterocycles. The maximum atomic E-state index is 5.81. The van der Waals surface area contributed by atoms with E-state index in [-0.39, 0.29) is 0 Å². The van der Waals surface area contributed by atoms with E-state index in [9.17, 15) is 0 Å². The average Bonchev–Trinajstić information content (AvgIpc) is 1.77. The van der Waals surface area contributed by atoms with Gasteiger partial charge in [0.05, 0.1) is 0 Å². The largest absolute Gasteiger partial charge is 0.345 e. The average molecular weight is 224 g/mol. The van der Waals surface area contributed by atoms with Crippen LogP contribution >= 0.6 is 11.6 Å². The van der Waals surface area contributed by atoms with E-state index in [0.29, 0.717) is 0 Å². The van der Waals surface area contributed by atoms with E-state index < -0.39 is 16.5 Å². The first-order valence-corrected chi connectivity index (χ1v) is 12.0. The lowest BCUT2D eigenvalue weighted by molar-refractivity contribution is 0.655. The van der Waals surface area contributed by atoms with Crippen molar-refractivity contribution in [3.05, 3.63) is 0 Å². The van der Waals surface area contributed by atoms with Gasteiger partial charge in [-0.15, -0.1) is 11.6 Å². The van der Waals surface area contributed by atoms with Gasteiger partial charge in [-0.1, -0.05) is 39.3 Å². The Bertz CT molecular complexity index is 123. The van der Waals surface area contributed by atoms with Gasteiger partial charge in [0.2, 0.25) is 0 Å². The summed E-state index contributed by atoms with van der Waals surface area (Å²) in [6.07, 6.45) is 0. The van der Waals surface area contributed by atoms with E-state index in [0.717, 1.165) is 12.4 Å². The van der Waals surface area contributed by atoms with E-state index in [2.05, 4.69) is 43.5 Å². The summed E-state index contributed by atoms with van der Waals surface area (Å²) in [6, 6.07) is 0. The molecule has 0 atom stereocenters. The third-order valence-corrected chi connectivity index (χ3v) is 9.81. The number of hydrogen-bond acceptors (Lipinski definition) is 1. The van der Waals surface area contributed by atoms with Crippen LogP contribution in [0.1, 0.15) is 0 Å². The van der Waals surface area contributed by atoms with Crippen molar-refractivity contribution in [3.63, 3.8) is 0 Å². The van der Waals surface area contributed by atoms with Gasteiger partial charge in [0.1, 0.15) is 16.5 Å². The molecule has 12 heavy (non-hydrogen) atoms. The van der Waals surface area contributed by atoms with Crippen molar-refractivity contribution in [1.29, 1.82) is 0 Å². The van der Waals surface area contributed by atoms with Crippen LogP contribution in [0.5, 0.6) is 0 Å². The molecule has 0 aromatic heterocycles. The first-order valence-electron chi connectivity index (χ1n) is 4.53. The van der Waals surface area contributed by atoms with Gasteiger partial charge in [0.25, 0.3) is 0 Å². The molecular formula is C8H22ClNSi2. The summed E-state index contributed by atoms with van der Waals surface area (Å²) in [4.78, 5) is 0. The van der Waals surface area contributed by atoms with Crippen LogP contribution in [0.15, 0.2) is 0 Å². The topological polar surface area (TPSA) is 3.24 Å². The van der Waals surface area contributed by atoms with E-state index in [1.54, 1.807) is 0 Å². The van der Waals surface area contributed by atoms with Gasteiger partial charge in [0, 0.05) is 5.88 Å². The van der Waals surface area contributed by atoms with Crippen LogP contribution in [-0.2, 0) is 0 Å². The van der Waals surface area contributed by atoms with Gasteiger partial charge in [-0.3, -0.25) is 0 Å². The van der Waals surface area contributed by atoms with E-state index >= 15 is 0 Å². The quantitative estimate of drug-likeness (QED) is 0.523. The van der Waals surface area contributed by atoms with Crippen LogP contribution in [0.2, 0.25) is 39.3 Å². The summed E-state index contributed by atoms with van der Waals surface area (Å²) in [5.41, 5.74) is 0. The summed E-state index contributed by atoms with van der Waals surface area (Å²) >= 11 is 5.81. The van der Waals surface area contributed by atoms with E-state index in [1.807, 2.05) is 0 Å². The molecule has 0 bridgehead atoms. The van der Waals surface area contributed by atoms with Crippen LogP contribution in [-0.4, -0.2) is 33.1 Å². The van der Waals surface area contributed by atoms with E-state index in [1.165, 1.54) is 0 Å². The number of nitrogens with zero attached hydrogens (tertiary/aromatic N) is 1. The van der Waals surface area contributed by atoms with Crippen molar-refractivity contribution >= 4 is 28.1 Å². The molecule has 0 rings (SSSR count). The summed E-state index contributed by atoms with van der Waals surface area (Å²) in [5.74, 6) is 0.772. The van der Waals surface area contributed by atoms with Gasteiger partial charge in [0.15, 0.2) is 0 Å². The second kappa shape index (κ2) is 4.26. The lowest BCUT2D eigenvalue weighted by Gasteiger charge is -2.43. The molecular weight excluding hydrogens is 202 g/mol. The molecule has 0 fully saturated rings. The summed E-state index contributed by atoms with van der Waals surface area (Å²) < 4.78 is 2.70. The molecule has 0 aliphatic rings. The highest BCUT2D eigenvalue weighted by Gasteiger charge is 2.33. The highest BCUT2D eigenvalue weighted by Crippen LogP contribution is 2.18. The van der Waals surface area contributed by atoms with Gasteiger partial charge in [-0.25, -0.2) is 0 Å². The maximum absolute atomic E-state index is 5.81. The van der Waals surface area contributed by atoms with Gasteiger partial charge < -0.3 is 4.23 Å². The molecule has 0 saturated heterocycles. The highest BCUT2D eigenvalue weighted by atomic mass is 35.5. The molecule has 0 spiro atoms. The smallest absolute Gasteiger partial charge is 0.112 e. The molecule has 0 unspecified atom stereocenters. The van der Waals surface area contributed by atoms with Crippen molar-refractivity contribution < 1.29 is 0 Å². The first-order chi connectivity index (χ1) is 5.19. The molecule has 0 saturated carbocycles. The van der Waals surface area contributed by atoms with Crippen molar-refractivity contribution in [1.82, 2.24) is 4.23 Å². The summed E-state index contributed by atoms with van der Waals surface area (Å²) in [5, 5.41) is 0. The zero-order valence-corrected chi connectivity index (χ0v) is 12.0. The molecule has 0 aromatic rings. The standard InChI is InChI=1S/C8H22ClNSi2/c1-11(2,3)10(8-7-9)12(4,5)6/h7-8H2,1-6H3. The molecule has 74 valence electrons. The summed E-state index contributed by atoms with van der Waals surface area (Å²) in [7, 11) is -2.26. The van der Waals surface area contributed by atoms with Crippen LogP contribution in [0.25, 0.3) is 0 Å². The molecule has 0 heterocycles. The Balaban J connectivity index is 4.45. The first kappa shape index (κ1) is 12.7. The van der Waals surface area contributed by atoms with Gasteiger partial charge >= 0.3 is 0 Å². The van der Waals surface area contributed by atoms with Crippen molar-refractivity contribution in [3.8, 4) is 0 Å². The van der Waals surface area contributed by atoms with Crippen LogP contribution in [0.3, 0.4) is 0 Å².